The van der Waals surface area contributed by atoms with E-state index in [1.54, 1.807) is 0 Å². The number of para-hydroxylation sites is 2. The zero-order chi connectivity index (χ0) is 23.9. The largest absolute Gasteiger partial charge is 0.352 e. The molecule has 0 aliphatic carbocycles. The fourth-order valence-electron chi connectivity index (χ4n) is 4.30. The first-order valence-corrected chi connectivity index (χ1v) is 11.9. The molecule has 5 heteroatoms. The number of nitrogens with one attached hydrogen (secondary N) is 1. The van der Waals surface area contributed by atoms with Crippen molar-refractivity contribution in [2.24, 2.45) is 0 Å². The number of ketones is 1. The number of carbonyl (C=O) groups is 2. The highest BCUT2D eigenvalue weighted by atomic mass is 16.1. The molecule has 1 aromatic heterocycles. The molecule has 174 valence electrons. The minimum atomic E-state index is -0.0151. The van der Waals surface area contributed by atoms with Gasteiger partial charge >= 0.3 is 0 Å². The number of aromatic nitrogens is 2. The van der Waals surface area contributed by atoms with Crippen molar-refractivity contribution in [3.63, 3.8) is 0 Å². The molecule has 1 amide bonds. The van der Waals surface area contributed by atoms with Crippen LogP contribution >= 0.6 is 0 Å². The molecule has 0 spiro atoms. The SMILES string of the molecule is Cc1ccc(C(=O)NCCCCCc2nc3ccccc3n2CC(=O)c2ccccc2)c(C)c1. The van der Waals surface area contributed by atoms with Gasteiger partial charge in [0, 0.05) is 24.1 Å². The molecule has 0 bridgehead atoms. The molecular formula is C29H31N3O2. The Morgan fingerprint density at radius 1 is 0.882 bits per heavy atom. The number of fused-ring (bicyclic) bond motifs is 1. The van der Waals surface area contributed by atoms with Gasteiger partial charge in [0.15, 0.2) is 5.78 Å². The number of Topliss-reactive ketones (excluding diaryl/α,β-unsaturated/α-hetero) is 1. The Kier molecular flexibility index (Phi) is 7.53. The average molecular weight is 454 g/mol. The highest BCUT2D eigenvalue weighted by Gasteiger charge is 2.14. The van der Waals surface area contributed by atoms with Crippen LogP contribution in [-0.4, -0.2) is 27.8 Å². The fraction of sp³-hybridized carbons (Fsp3) is 0.276. The number of imidazole rings is 1. The van der Waals surface area contributed by atoms with Crippen molar-refractivity contribution in [1.82, 2.24) is 14.9 Å². The van der Waals surface area contributed by atoms with Crippen molar-refractivity contribution in [2.75, 3.05) is 6.54 Å². The van der Waals surface area contributed by atoms with Crippen molar-refractivity contribution < 1.29 is 9.59 Å². The second-order valence-electron chi connectivity index (χ2n) is 8.78. The molecule has 0 aliphatic heterocycles. The van der Waals surface area contributed by atoms with Gasteiger partial charge in [0.05, 0.1) is 17.6 Å². The van der Waals surface area contributed by atoms with Crippen LogP contribution in [0.3, 0.4) is 0 Å². The summed E-state index contributed by atoms with van der Waals surface area (Å²) >= 11 is 0. The first-order chi connectivity index (χ1) is 16.5. The minimum Gasteiger partial charge on any atom is -0.352 e. The standard InChI is InChI=1S/C29H31N3O2/c1-21-16-17-24(22(2)19-21)29(34)30-18-10-4-7-15-28-31-25-13-8-9-14-26(25)32(28)20-27(33)23-11-5-3-6-12-23/h3,5-6,8-9,11-14,16-17,19H,4,7,10,15,18,20H2,1-2H3,(H,30,34). The maximum atomic E-state index is 12.9. The Balaban J connectivity index is 1.32. The van der Waals surface area contributed by atoms with E-state index in [1.807, 2.05) is 91.2 Å². The molecule has 4 aromatic rings. The molecule has 0 fully saturated rings. The summed E-state index contributed by atoms with van der Waals surface area (Å²) in [6.07, 6.45) is 3.62. The van der Waals surface area contributed by atoms with E-state index in [0.29, 0.717) is 12.1 Å². The molecular weight excluding hydrogens is 422 g/mol. The number of carbonyl (C=O) groups excluding carboxylic acids is 2. The lowest BCUT2D eigenvalue weighted by Crippen LogP contribution is -2.25. The Morgan fingerprint density at radius 2 is 1.65 bits per heavy atom. The van der Waals surface area contributed by atoms with E-state index in [9.17, 15) is 9.59 Å². The molecule has 0 unspecified atom stereocenters. The summed E-state index contributed by atoms with van der Waals surface area (Å²) in [5, 5.41) is 3.03. The number of nitrogens with zero attached hydrogens (tertiary/aromatic N) is 2. The van der Waals surface area contributed by atoms with E-state index in [0.717, 1.165) is 59.2 Å². The molecule has 34 heavy (non-hydrogen) atoms. The normalized spacial score (nSPS) is 11.0. The van der Waals surface area contributed by atoms with Gasteiger partial charge in [-0.25, -0.2) is 4.98 Å². The van der Waals surface area contributed by atoms with Crippen molar-refractivity contribution >= 4 is 22.7 Å². The van der Waals surface area contributed by atoms with Crippen LogP contribution in [-0.2, 0) is 13.0 Å². The Bertz CT molecular complexity index is 1290. The second-order valence-corrected chi connectivity index (χ2v) is 8.78. The number of rotatable bonds is 10. The molecule has 0 saturated carbocycles. The molecule has 1 N–H and O–H groups in total. The van der Waals surface area contributed by atoms with Crippen molar-refractivity contribution in [1.29, 1.82) is 0 Å². The van der Waals surface area contributed by atoms with Crippen LogP contribution in [0.4, 0.5) is 0 Å². The zero-order valence-corrected chi connectivity index (χ0v) is 19.9. The summed E-state index contributed by atoms with van der Waals surface area (Å²) in [7, 11) is 0. The summed E-state index contributed by atoms with van der Waals surface area (Å²) in [6.45, 7) is 4.93. The van der Waals surface area contributed by atoms with E-state index in [4.69, 9.17) is 4.98 Å². The summed E-state index contributed by atoms with van der Waals surface area (Å²) in [6, 6.07) is 23.3. The molecule has 3 aromatic carbocycles. The van der Waals surface area contributed by atoms with Crippen molar-refractivity contribution in [2.45, 2.75) is 46.1 Å². The number of aryl methyl sites for hydroxylation is 3. The Labute approximate surface area is 200 Å². The molecule has 0 radical (unpaired) electrons. The Hall–Kier alpha value is -3.73. The minimum absolute atomic E-state index is 0.0151. The molecule has 4 rings (SSSR count). The number of benzene rings is 3. The molecule has 5 nitrogen and oxygen atoms in total. The third-order valence-electron chi connectivity index (χ3n) is 6.12. The van der Waals surface area contributed by atoms with Gasteiger partial charge in [-0.15, -0.1) is 0 Å². The number of amides is 1. The number of hydrogen-bond acceptors (Lipinski definition) is 3. The van der Waals surface area contributed by atoms with Gasteiger partial charge in [0.1, 0.15) is 5.82 Å². The summed E-state index contributed by atoms with van der Waals surface area (Å²) in [5.41, 5.74) is 5.52. The molecule has 0 aliphatic rings. The lowest BCUT2D eigenvalue weighted by atomic mass is 10.1. The van der Waals surface area contributed by atoms with E-state index >= 15 is 0 Å². The first kappa shape index (κ1) is 23.4. The molecule has 1 heterocycles. The second kappa shape index (κ2) is 10.9. The van der Waals surface area contributed by atoms with Crippen LogP contribution in [0.15, 0.2) is 72.8 Å². The van der Waals surface area contributed by atoms with E-state index < -0.39 is 0 Å². The van der Waals surface area contributed by atoms with Gasteiger partial charge in [0.2, 0.25) is 0 Å². The number of hydrogen-bond donors (Lipinski definition) is 1. The fourth-order valence-corrected chi connectivity index (χ4v) is 4.30. The average Bonchev–Trinajstić information content (AvgIpc) is 3.18. The zero-order valence-electron chi connectivity index (χ0n) is 19.9. The number of unbranched alkanes of at least 4 members (excludes halogenated alkanes) is 2. The highest BCUT2D eigenvalue weighted by molar-refractivity contribution is 5.97. The maximum Gasteiger partial charge on any atom is 0.251 e. The van der Waals surface area contributed by atoms with Crippen LogP contribution in [0.1, 0.15) is 56.9 Å². The highest BCUT2D eigenvalue weighted by Crippen LogP contribution is 2.19. The van der Waals surface area contributed by atoms with E-state index in [-0.39, 0.29) is 18.2 Å². The van der Waals surface area contributed by atoms with Gasteiger partial charge in [-0.1, -0.05) is 66.6 Å². The summed E-state index contributed by atoms with van der Waals surface area (Å²) in [4.78, 5) is 30.1. The lowest BCUT2D eigenvalue weighted by molar-refractivity contribution is 0.0950. The van der Waals surface area contributed by atoms with Gasteiger partial charge in [0.25, 0.3) is 5.91 Å². The monoisotopic (exact) mass is 453 g/mol. The summed E-state index contributed by atoms with van der Waals surface area (Å²) in [5.74, 6) is 1.00. The quantitative estimate of drug-likeness (QED) is 0.248. The predicted molar refractivity (Wildman–Crippen MR) is 136 cm³/mol. The van der Waals surface area contributed by atoms with Crippen molar-refractivity contribution in [3.05, 3.63) is 101 Å². The summed E-state index contributed by atoms with van der Waals surface area (Å²) < 4.78 is 2.05. The van der Waals surface area contributed by atoms with Crippen LogP contribution in [0.25, 0.3) is 11.0 Å². The van der Waals surface area contributed by atoms with Gasteiger partial charge in [-0.05, 0) is 50.5 Å². The van der Waals surface area contributed by atoms with Gasteiger partial charge in [-0.2, -0.15) is 0 Å². The lowest BCUT2D eigenvalue weighted by Gasteiger charge is -2.10. The van der Waals surface area contributed by atoms with Gasteiger partial charge in [-0.3, -0.25) is 9.59 Å². The van der Waals surface area contributed by atoms with Crippen LogP contribution < -0.4 is 5.32 Å². The third kappa shape index (κ3) is 5.60. The maximum absolute atomic E-state index is 12.9. The molecule has 0 saturated heterocycles. The smallest absolute Gasteiger partial charge is 0.251 e. The van der Waals surface area contributed by atoms with E-state index in [1.165, 1.54) is 0 Å². The van der Waals surface area contributed by atoms with Crippen LogP contribution in [0, 0.1) is 13.8 Å². The van der Waals surface area contributed by atoms with Crippen LogP contribution in [0.2, 0.25) is 0 Å². The first-order valence-electron chi connectivity index (χ1n) is 11.9. The van der Waals surface area contributed by atoms with Crippen LogP contribution in [0.5, 0.6) is 0 Å². The predicted octanol–water partition coefficient (Wildman–Crippen LogP) is 5.68. The third-order valence-corrected chi connectivity index (χ3v) is 6.12. The Morgan fingerprint density at radius 3 is 2.44 bits per heavy atom. The van der Waals surface area contributed by atoms with E-state index in [2.05, 4.69) is 5.32 Å². The van der Waals surface area contributed by atoms with Gasteiger partial charge < -0.3 is 9.88 Å². The van der Waals surface area contributed by atoms with Crippen molar-refractivity contribution in [3.8, 4) is 0 Å². The molecule has 0 atom stereocenters. The topological polar surface area (TPSA) is 64.0 Å².